The molecule has 0 amide bonds. The first-order valence-corrected chi connectivity index (χ1v) is 8.00. The van der Waals surface area contributed by atoms with Gasteiger partial charge in [-0.1, -0.05) is 0 Å². The van der Waals surface area contributed by atoms with Gasteiger partial charge in [-0.05, 0) is 30.3 Å². The number of hydrogen-bond donors (Lipinski definition) is 1. The molecule has 0 atom stereocenters. The van der Waals surface area contributed by atoms with Crippen molar-refractivity contribution < 1.29 is 35.8 Å². The number of nitrogens with zero attached hydrogens (tertiary/aromatic N) is 1. The summed E-state index contributed by atoms with van der Waals surface area (Å²) in [5.74, 6) is -1.10. The van der Waals surface area contributed by atoms with Crippen LogP contribution in [0.4, 0.5) is 17.6 Å². The highest BCUT2D eigenvalue weighted by Gasteiger charge is 2.47. The highest BCUT2D eigenvalue weighted by atomic mass is 32.2. The highest BCUT2D eigenvalue weighted by Crippen LogP contribution is 2.34. The minimum absolute atomic E-state index is 0.0585. The van der Waals surface area contributed by atoms with Gasteiger partial charge in [-0.3, -0.25) is 0 Å². The molecule has 2 rings (SSSR count). The molecule has 0 aliphatic rings. The van der Waals surface area contributed by atoms with Crippen LogP contribution in [0.2, 0.25) is 0 Å². The van der Waals surface area contributed by atoms with Crippen LogP contribution in [0.5, 0.6) is 11.5 Å². The van der Waals surface area contributed by atoms with Crippen molar-refractivity contribution in [1.82, 2.24) is 0 Å². The summed E-state index contributed by atoms with van der Waals surface area (Å²) < 4.78 is 79.1. The molecule has 0 aliphatic carbocycles. The van der Waals surface area contributed by atoms with Gasteiger partial charge in [0, 0.05) is 11.6 Å². The third-order valence-corrected chi connectivity index (χ3v) is 4.53. The predicted octanol–water partition coefficient (Wildman–Crippen LogP) is 3.28. The average Bonchev–Trinajstić information content (AvgIpc) is 2.53. The first-order valence-electron chi connectivity index (χ1n) is 6.52. The van der Waals surface area contributed by atoms with Crippen LogP contribution in [0.25, 0.3) is 0 Å². The Morgan fingerprint density at radius 1 is 1.16 bits per heavy atom. The first-order chi connectivity index (χ1) is 11.6. The van der Waals surface area contributed by atoms with E-state index in [2.05, 4.69) is 0 Å². The van der Waals surface area contributed by atoms with Crippen LogP contribution in [0.15, 0.2) is 41.3 Å². The van der Waals surface area contributed by atoms with Crippen molar-refractivity contribution in [1.29, 1.82) is 5.26 Å². The van der Waals surface area contributed by atoms with Crippen molar-refractivity contribution in [2.75, 3.05) is 0 Å². The second kappa shape index (κ2) is 6.70. The van der Waals surface area contributed by atoms with Crippen molar-refractivity contribution in [2.45, 2.75) is 17.0 Å². The van der Waals surface area contributed by atoms with Crippen molar-refractivity contribution in [2.24, 2.45) is 0 Å². The van der Waals surface area contributed by atoms with E-state index in [1.807, 2.05) is 0 Å². The summed E-state index contributed by atoms with van der Waals surface area (Å²) in [6, 6.07) is 6.90. The number of nitriles is 1. The lowest BCUT2D eigenvalue weighted by Gasteiger charge is -2.13. The summed E-state index contributed by atoms with van der Waals surface area (Å²) in [5.41, 5.74) is -5.81. The number of benzene rings is 2. The average molecular weight is 375 g/mol. The van der Waals surface area contributed by atoms with E-state index in [0.29, 0.717) is 12.1 Å². The zero-order valence-corrected chi connectivity index (χ0v) is 13.0. The zero-order valence-electron chi connectivity index (χ0n) is 12.2. The summed E-state index contributed by atoms with van der Waals surface area (Å²) >= 11 is 0. The molecule has 2 aromatic rings. The molecule has 0 radical (unpaired) electrons. The van der Waals surface area contributed by atoms with Gasteiger partial charge in [0.1, 0.15) is 17.3 Å². The lowest BCUT2D eigenvalue weighted by Crippen LogP contribution is -2.23. The number of sulfone groups is 1. The molecule has 0 fully saturated rings. The Hall–Kier alpha value is -2.64. The topological polar surface area (TPSA) is 87.4 Å². The van der Waals surface area contributed by atoms with Crippen LogP contribution in [-0.2, 0) is 16.4 Å². The number of rotatable bonds is 4. The number of ether oxygens (including phenoxy) is 1. The van der Waals surface area contributed by atoms with E-state index >= 15 is 0 Å². The molecule has 0 spiro atoms. The van der Waals surface area contributed by atoms with Crippen molar-refractivity contribution in [3.8, 4) is 17.6 Å². The van der Waals surface area contributed by atoms with Crippen LogP contribution < -0.4 is 4.74 Å². The quantitative estimate of drug-likeness (QED) is 0.829. The van der Waals surface area contributed by atoms with E-state index < -0.39 is 32.7 Å². The van der Waals surface area contributed by atoms with Crippen LogP contribution in [0.1, 0.15) is 11.1 Å². The molecule has 1 N–H and O–H groups in total. The van der Waals surface area contributed by atoms with Crippen LogP contribution in [0, 0.1) is 17.1 Å². The van der Waals surface area contributed by atoms with E-state index in [9.17, 15) is 31.1 Å². The highest BCUT2D eigenvalue weighted by molar-refractivity contribution is 7.92. The van der Waals surface area contributed by atoms with E-state index in [1.54, 1.807) is 6.07 Å². The first kappa shape index (κ1) is 18.7. The molecule has 2 aromatic carbocycles. The smallest absolute Gasteiger partial charge is 0.457 e. The van der Waals surface area contributed by atoms with Gasteiger partial charge in [0.2, 0.25) is 0 Å². The van der Waals surface area contributed by atoms with Crippen LogP contribution in [0.3, 0.4) is 0 Å². The van der Waals surface area contributed by atoms with E-state index in [0.717, 1.165) is 18.2 Å². The Morgan fingerprint density at radius 2 is 1.84 bits per heavy atom. The molecule has 0 aliphatic heterocycles. The van der Waals surface area contributed by atoms with Gasteiger partial charge < -0.3 is 9.84 Å². The summed E-state index contributed by atoms with van der Waals surface area (Å²) in [6.07, 6.45) is 0. The van der Waals surface area contributed by atoms with Gasteiger partial charge >= 0.3 is 5.51 Å². The second-order valence-corrected chi connectivity index (χ2v) is 6.71. The number of aliphatic hydroxyl groups is 1. The number of halogens is 4. The van der Waals surface area contributed by atoms with Gasteiger partial charge in [-0.15, -0.1) is 0 Å². The molecule has 25 heavy (non-hydrogen) atoms. The Morgan fingerprint density at radius 3 is 2.40 bits per heavy atom. The summed E-state index contributed by atoms with van der Waals surface area (Å²) in [5, 5.41) is 18.0. The van der Waals surface area contributed by atoms with Crippen molar-refractivity contribution >= 4 is 9.84 Å². The van der Waals surface area contributed by atoms with Crippen LogP contribution in [-0.4, -0.2) is 19.0 Å². The van der Waals surface area contributed by atoms with E-state index in [-0.39, 0.29) is 22.6 Å². The molecule has 0 heterocycles. The third-order valence-electron chi connectivity index (χ3n) is 3.05. The Balaban J connectivity index is 2.45. The SMILES string of the molecule is N#Cc1cc(F)cc(Oc2ccc(S(=O)(=O)C(F)(F)F)cc2CO)c1. The normalized spacial score (nSPS) is 11.8. The van der Waals surface area contributed by atoms with Gasteiger partial charge in [0.25, 0.3) is 9.84 Å². The monoisotopic (exact) mass is 375 g/mol. The van der Waals surface area contributed by atoms with Crippen LogP contribution >= 0.6 is 0 Å². The molecule has 0 aromatic heterocycles. The zero-order chi connectivity index (χ0) is 18.8. The summed E-state index contributed by atoms with van der Waals surface area (Å²) in [4.78, 5) is -1.06. The van der Waals surface area contributed by atoms with E-state index in [1.165, 1.54) is 6.07 Å². The lowest BCUT2D eigenvalue weighted by atomic mass is 10.2. The molecule has 0 saturated heterocycles. The van der Waals surface area contributed by atoms with Crippen molar-refractivity contribution in [3.63, 3.8) is 0 Å². The Kier molecular flexibility index (Phi) is 5.01. The minimum atomic E-state index is -5.59. The maximum atomic E-state index is 13.4. The Bertz CT molecular complexity index is 949. The maximum Gasteiger partial charge on any atom is 0.501 e. The van der Waals surface area contributed by atoms with Gasteiger partial charge in [0.15, 0.2) is 0 Å². The lowest BCUT2D eigenvalue weighted by molar-refractivity contribution is -0.0436. The number of aliphatic hydroxyl groups excluding tert-OH is 1. The molecular weight excluding hydrogens is 366 g/mol. The molecule has 0 saturated carbocycles. The Labute approximate surface area is 139 Å². The minimum Gasteiger partial charge on any atom is -0.457 e. The maximum absolute atomic E-state index is 13.4. The fraction of sp³-hybridized carbons (Fsp3) is 0.133. The third kappa shape index (κ3) is 3.89. The second-order valence-electron chi connectivity index (χ2n) is 4.77. The molecule has 132 valence electrons. The largest absolute Gasteiger partial charge is 0.501 e. The fourth-order valence-corrected chi connectivity index (χ4v) is 2.70. The van der Waals surface area contributed by atoms with Gasteiger partial charge in [0.05, 0.1) is 23.1 Å². The molecular formula is C15H9F4NO4S. The molecule has 0 unspecified atom stereocenters. The van der Waals surface area contributed by atoms with Crippen molar-refractivity contribution in [3.05, 3.63) is 53.3 Å². The molecule has 5 nitrogen and oxygen atoms in total. The standard InChI is InChI=1S/C15H9F4NO4S/c16-11-3-9(7-20)4-12(6-11)24-14-2-1-13(5-10(14)8-21)25(22,23)15(17,18)19/h1-6,21H,8H2. The number of alkyl halides is 3. The summed E-state index contributed by atoms with van der Waals surface area (Å²) in [6.45, 7) is -0.822. The van der Waals surface area contributed by atoms with Gasteiger partial charge in [-0.25, -0.2) is 12.8 Å². The predicted molar refractivity (Wildman–Crippen MR) is 76.8 cm³/mol. The fourth-order valence-electron chi connectivity index (χ4n) is 1.89. The number of hydrogen-bond acceptors (Lipinski definition) is 5. The summed E-state index contributed by atoms with van der Waals surface area (Å²) in [7, 11) is -5.59. The molecule has 10 heteroatoms. The van der Waals surface area contributed by atoms with E-state index in [4.69, 9.17) is 10.00 Å². The van der Waals surface area contributed by atoms with Gasteiger partial charge in [-0.2, -0.15) is 18.4 Å². The molecule has 0 bridgehead atoms.